The van der Waals surface area contributed by atoms with Crippen LogP contribution in [0.3, 0.4) is 0 Å². The Balaban J connectivity index is 2.32. The number of hydrogen-bond donors (Lipinski definition) is 1. The van der Waals surface area contributed by atoms with Crippen LogP contribution >= 0.6 is 11.6 Å². The second-order valence-corrected chi connectivity index (χ2v) is 4.54. The zero-order valence-corrected chi connectivity index (χ0v) is 11.4. The Kier molecular flexibility index (Phi) is 4.33. The molecule has 1 atom stereocenters. The van der Waals surface area contributed by atoms with Crippen molar-refractivity contribution in [2.75, 3.05) is 7.05 Å². The number of halogens is 1. The van der Waals surface area contributed by atoms with E-state index in [0.717, 1.165) is 24.5 Å². The molecule has 4 nitrogen and oxygen atoms in total. The van der Waals surface area contributed by atoms with Crippen LogP contribution in [0.2, 0.25) is 5.02 Å². The van der Waals surface area contributed by atoms with Crippen LogP contribution in [0.15, 0.2) is 30.7 Å². The number of rotatable bonds is 5. The number of nitrogens with zero attached hydrogens (tertiary/aromatic N) is 3. The fourth-order valence-electron chi connectivity index (χ4n) is 1.98. The third-order valence-corrected chi connectivity index (χ3v) is 3.03. The standard InChI is InChI=1S/C13H17ClN4/c1-3-7-18-8-6-16-13(18)12(15-2)11-5-4-10(14)9-17-11/h4-6,8-9,12,15H,3,7H2,1-2H3. The minimum Gasteiger partial charge on any atom is -0.333 e. The maximum absolute atomic E-state index is 5.86. The van der Waals surface area contributed by atoms with E-state index in [2.05, 4.69) is 26.8 Å². The topological polar surface area (TPSA) is 42.7 Å². The van der Waals surface area contributed by atoms with Gasteiger partial charge in [-0.05, 0) is 25.6 Å². The van der Waals surface area contributed by atoms with Gasteiger partial charge in [0.1, 0.15) is 11.9 Å². The minimum absolute atomic E-state index is 0.0104. The monoisotopic (exact) mass is 264 g/mol. The number of nitrogens with one attached hydrogen (secondary N) is 1. The minimum atomic E-state index is -0.0104. The van der Waals surface area contributed by atoms with E-state index in [4.69, 9.17) is 11.6 Å². The van der Waals surface area contributed by atoms with E-state index < -0.39 is 0 Å². The molecule has 0 saturated heterocycles. The molecule has 1 unspecified atom stereocenters. The molecule has 2 heterocycles. The molecule has 1 N–H and O–H groups in total. The maximum Gasteiger partial charge on any atom is 0.132 e. The van der Waals surface area contributed by atoms with Gasteiger partial charge in [-0.3, -0.25) is 4.98 Å². The number of aryl methyl sites for hydroxylation is 1. The molecule has 0 aliphatic carbocycles. The molecule has 0 saturated carbocycles. The van der Waals surface area contributed by atoms with Gasteiger partial charge in [0.05, 0.1) is 10.7 Å². The molecule has 0 amide bonds. The first-order chi connectivity index (χ1) is 8.76. The summed E-state index contributed by atoms with van der Waals surface area (Å²) in [6.07, 6.45) is 6.56. The molecule has 0 aliphatic heterocycles. The normalized spacial score (nSPS) is 12.6. The van der Waals surface area contributed by atoms with Gasteiger partial charge in [0.15, 0.2) is 0 Å². The van der Waals surface area contributed by atoms with E-state index in [1.807, 2.05) is 31.6 Å². The van der Waals surface area contributed by atoms with E-state index >= 15 is 0 Å². The van der Waals surface area contributed by atoms with Crippen LogP contribution in [0.25, 0.3) is 0 Å². The molecule has 0 aliphatic rings. The van der Waals surface area contributed by atoms with Crippen LogP contribution in [0.5, 0.6) is 0 Å². The first kappa shape index (κ1) is 13.1. The Labute approximate surface area is 112 Å². The van der Waals surface area contributed by atoms with E-state index in [-0.39, 0.29) is 6.04 Å². The van der Waals surface area contributed by atoms with E-state index in [1.165, 1.54) is 0 Å². The second kappa shape index (κ2) is 5.98. The highest BCUT2D eigenvalue weighted by molar-refractivity contribution is 6.30. The van der Waals surface area contributed by atoms with Crippen LogP contribution in [0, 0.1) is 0 Å². The van der Waals surface area contributed by atoms with Crippen LogP contribution in [-0.2, 0) is 6.54 Å². The van der Waals surface area contributed by atoms with Crippen molar-refractivity contribution < 1.29 is 0 Å². The average molecular weight is 265 g/mol. The smallest absolute Gasteiger partial charge is 0.132 e. The Hall–Kier alpha value is -1.39. The lowest BCUT2D eigenvalue weighted by atomic mass is 10.1. The first-order valence-corrected chi connectivity index (χ1v) is 6.43. The molecule has 0 radical (unpaired) electrons. The highest BCUT2D eigenvalue weighted by atomic mass is 35.5. The van der Waals surface area contributed by atoms with Crippen molar-refractivity contribution in [2.24, 2.45) is 0 Å². The number of pyridine rings is 1. The van der Waals surface area contributed by atoms with Gasteiger partial charge in [0.25, 0.3) is 0 Å². The van der Waals surface area contributed by atoms with Gasteiger partial charge in [0.2, 0.25) is 0 Å². The maximum atomic E-state index is 5.86. The molecule has 5 heteroatoms. The predicted octanol–water partition coefficient (Wildman–Crippen LogP) is 2.65. The van der Waals surface area contributed by atoms with Crippen LogP contribution in [0.1, 0.15) is 30.9 Å². The Morgan fingerprint density at radius 2 is 2.22 bits per heavy atom. The first-order valence-electron chi connectivity index (χ1n) is 6.06. The zero-order chi connectivity index (χ0) is 13.0. The van der Waals surface area contributed by atoms with E-state index in [0.29, 0.717) is 5.02 Å². The van der Waals surface area contributed by atoms with Crippen molar-refractivity contribution in [2.45, 2.75) is 25.9 Å². The summed E-state index contributed by atoms with van der Waals surface area (Å²) in [7, 11) is 1.91. The van der Waals surface area contributed by atoms with Crippen molar-refractivity contribution in [1.82, 2.24) is 19.9 Å². The summed E-state index contributed by atoms with van der Waals surface area (Å²) in [6, 6.07) is 3.76. The molecule has 2 rings (SSSR count). The van der Waals surface area contributed by atoms with E-state index in [1.54, 1.807) is 6.20 Å². The van der Waals surface area contributed by atoms with Gasteiger partial charge >= 0.3 is 0 Å². The van der Waals surface area contributed by atoms with Gasteiger partial charge in [-0.15, -0.1) is 0 Å². The highest BCUT2D eigenvalue weighted by Gasteiger charge is 2.18. The van der Waals surface area contributed by atoms with Crippen LogP contribution < -0.4 is 5.32 Å². The van der Waals surface area contributed by atoms with Gasteiger partial charge in [0, 0.05) is 25.1 Å². The molecule has 2 aromatic heterocycles. The molecule has 2 aromatic rings. The van der Waals surface area contributed by atoms with Crippen LogP contribution in [0.4, 0.5) is 0 Å². The third kappa shape index (κ3) is 2.71. The summed E-state index contributed by atoms with van der Waals surface area (Å²) in [5.41, 5.74) is 0.922. The zero-order valence-electron chi connectivity index (χ0n) is 10.6. The largest absolute Gasteiger partial charge is 0.333 e. The summed E-state index contributed by atoms with van der Waals surface area (Å²) in [5, 5.41) is 3.89. The fraction of sp³-hybridized carbons (Fsp3) is 0.385. The van der Waals surface area contributed by atoms with E-state index in [9.17, 15) is 0 Å². The molecule has 0 fully saturated rings. The molecular weight excluding hydrogens is 248 g/mol. The Morgan fingerprint density at radius 3 is 2.83 bits per heavy atom. The van der Waals surface area contributed by atoms with Gasteiger partial charge in [-0.1, -0.05) is 18.5 Å². The Bertz CT molecular complexity index is 492. The number of imidazole rings is 1. The van der Waals surface area contributed by atoms with Crippen molar-refractivity contribution in [1.29, 1.82) is 0 Å². The van der Waals surface area contributed by atoms with Crippen molar-refractivity contribution in [3.8, 4) is 0 Å². The SMILES string of the molecule is CCCn1ccnc1C(NC)c1ccc(Cl)cn1. The number of aromatic nitrogens is 3. The summed E-state index contributed by atoms with van der Waals surface area (Å²) in [6.45, 7) is 3.11. The molecular formula is C13H17ClN4. The average Bonchev–Trinajstić information content (AvgIpc) is 2.82. The lowest BCUT2D eigenvalue weighted by Gasteiger charge is -2.17. The third-order valence-electron chi connectivity index (χ3n) is 2.81. The predicted molar refractivity (Wildman–Crippen MR) is 72.7 cm³/mol. The molecule has 18 heavy (non-hydrogen) atoms. The van der Waals surface area contributed by atoms with Crippen LogP contribution in [-0.4, -0.2) is 21.6 Å². The van der Waals surface area contributed by atoms with Crippen molar-refractivity contribution >= 4 is 11.6 Å². The summed E-state index contributed by atoms with van der Waals surface area (Å²) < 4.78 is 2.15. The number of hydrogen-bond acceptors (Lipinski definition) is 3. The molecule has 0 bridgehead atoms. The Morgan fingerprint density at radius 1 is 1.39 bits per heavy atom. The van der Waals surface area contributed by atoms with Crippen molar-refractivity contribution in [3.63, 3.8) is 0 Å². The summed E-state index contributed by atoms with van der Waals surface area (Å²) >= 11 is 5.86. The molecule has 96 valence electrons. The quantitative estimate of drug-likeness (QED) is 0.903. The molecule has 0 aromatic carbocycles. The fourth-order valence-corrected chi connectivity index (χ4v) is 2.09. The van der Waals surface area contributed by atoms with Gasteiger partial charge < -0.3 is 9.88 Å². The second-order valence-electron chi connectivity index (χ2n) is 4.10. The van der Waals surface area contributed by atoms with Crippen molar-refractivity contribution in [3.05, 3.63) is 47.3 Å². The summed E-state index contributed by atoms with van der Waals surface area (Å²) in [4.78, 5) is 8.79. The lowest BCUT2D eigenvalue weighted by molar-refractivity contribution is 0.559. The molecule has 0 spiro atoms. The summed E-state index contributed by atoms with van der Waals surface area (Å²) in [5.74, 6) is 0.981. The lowest BCUT2D eigenvalue weighted by Crippen LogP contribution is -2.23. The highest BCUT2D eigenvalue weighted by Crippen LogP contribution is 2.20. The van der Waals surface area contributed by atoms with Gasteiger partial charge in [-0.25, -0.2) is 4.98 Å². The van der Waals surface area contributed by atoms with Gasteiger partial charge in [-0.2, -0.15) is 0 Å².